The van der Waals surface area contributed by atoms with Crippen molar-refractivity contribution in [3.8, 4) is 0 Å². The fraction of sp³-hybridized carbons (Fsp3) is 0.879. The molecule has 3 fully saturated rings. The van der Waals surface area contributed by atoms with E-state index >= 15 is 0 Å². The fourth-order valence-corrected chi connectivity index (χ4v) is 11.1. The maximum atomic E-state index is 10.4. The number of aliphatic hydroxyl groups excluding tert-OH is 1. The predicted octanol–water partition coefficient (Wildman–Crippen LogP) is 8.52. The van der Waals surface area contributed by atoms with Crippen LogP contribution in [0, 0.1) is 28.6 Å². The van der Waals surface area contributed by atoms with Crippen LogP contribution in [0.15, 0.2) is 23.3 Å². The standard InChI is InChI=1S/C33H58O3SSi/c1-30(2,3)38(8,9)36-24-15-18-32(6)23(21-24)11-12-25-26-13-14-28(33(26,7)19-16-27(25)32)29(22-34)37-20-10-17-31(4,5)35/h11-12,24,26-29,34-35H,10,13-22H2,1-9H3/t24-,26-,27-,28+,29+,32-,33-/m0/s1. The summed E-state index contributed by atoms with van der Waals surface area (Å²) in [5, 5.41) is 21.1. The average molecular weight is 563 g/mol. The van der Waals surface area contributed by atoms with Gasteiger partial charge in [-0.05, 0) is 124 Å². The van der Waals surface area contributed by atoms with Gasteiger partial charge in [-0.3, -0.25) is 0 Å². The van der Waals surface area contributed by atoms with E-state index in [2.05, 4.69) is 59.9 Å². The van der Waals surface area contributed by atoms with Crippen LogP contribution in [0.3, 0.4) is 0 Å². The van der Waals surface area contributed by atoms with Crippen molar-refractivity contribution in [3.05, 3.63) is 23.3 Å². The van der Waals surface area contributed by atoms with Crippen LogP contribution in [0.2, 0.25) is 18.1 Å². The Morgan fingerprint density at radius 2 is 1.74 bits per heavy atom. The first-order valence-electron chi connectivity index (χ1n) is 15.6. The highest BCUT2D eigenvalue weighted by atomic mass is 32.2. The predicted molar refractivity (Wildman–Crippen MR) is 166 cm³/mol. The number of hydrogen-bond donors (Lipinski definition) is 2. The summed E-state index contributed by atoms with van der Waals surface area (Å²) >= 11 is 1.96. The summed E-state index contributed by atoms with van der Waals surface area (Å²) in [5.41, 5.74) is 3.38. The molecule has 0 aliphatic heterocycles. The van der Waals surface area contributed by atoms with Crippen LogP contribution in [0.25, 0.3) is 0 Å². The fourth-order valence-electron chi connectivity index (χ4n) is 8.35. The first kappa shape index (κ1) is 30.9. The number of aliphatic hydroxyl groups is 2. The number of fused-ring (bicyclic) bond motifs is 5. The van der Waals surface area contributed by atoms with Gasteiger partial charge in [0.1, 0.15) is 0 Å². The molecular formula is C33H58O3SSi. The summed E-state index contributed by atoms with van der Waals surface area (Å²) in [7, 11) is -1.76. The van der Waals surface area contributed by atoms with Crippen LogP contribution in [-0.4, -0.2) is 47.8 Å². The van der Waals surface area contributed by atoms with Crippen molar-refractivity contribution in [1.82, 2.24) is 0 Å². The van der Waals surface area contributed by atoms with Gasteiger partial charge in [0, 0.05) is 11.4 Å². The zero-order valence-corrected chi connectivity index (χ0v) is 27.8. The molecule has 0 bridgehead atoms. The van der Waals surface area contributed by atoms with Crippen LogP contribution in [-0.2, 0) is 4.43 Å². The molecule has 4 rings (SSSR count). The summed E-state index contributed by atoms with van der Waals surface area (Å²) in [5.74, 6) is 2.95. The van der Waals surface area contributed by atoms with Crippen LogP contribution < -0.4 is 0 Å². The second kappa shape index (κ2) is 11.0. The first-order chi connectivity index (χ1) is 17.5. The van der Waals surface area contributed by atoms with Gasteiger partial charge in [-0.15, -0.1) is 0 Å². The van der Waals surface area contributed by atoms with Gasteiger partial charge >= 0.3 is 0 Å². The van der Waals surface area contributed by atoms with Gasteiger partial charge in [0.2, 0.25) is 0 Å². The number of rotatable bonds is 9. The molecule has 7 atom stereocenters. The molecule has 38 heavy (non-hydrogen) atoms. The van der Waals surface area contributed by atoms with Crippen molar-refractivity contribution in [1.29, 1.82) is 0 Å². The van der Waals surface area contributed by atoms with E-state index in [0.717, 1.165) is 25.0 Å². The molecule has 0 aromatic heterocycles. The van der Waals surface area contributed by atoms with Gasteiger partial charge in [0.05, 0.1) is 12.2 Å². The molecule has 3 saturated carbocycles. The quantitative estimate of drug-likeness (QED) is 0.218. The maximum absolute atomic E-state index is 10.4. The van der Waals surface area contributed by atoms with Gasteiger partial charge in [-0.25, -0.2) is 0 Å². The Morgan fingerprint density at radius 1 is 1.03 bits per heavy atom. The lowest BCUT2D eigenvalue weighted by molar-refractivity contribution is 0.0439. The summed E-state index contributed by atoms with van der Waals surface area (Å²) in [6.07, 6.45) is 15.9. The Balaban J connectivity index is 1.47. The summed E-state index contributed by atoms with van der Waals surface area (Å²) in [4.78, 5) is 0. The lowest BCUT2D eigenvalue weighted by atomic mass is 9.50. The van der Waals surface area contributed by atoms with Crippen molar-refractivity contribution in [2.45, 2.75) is 141 Å². The van der Waals surface area contributed by atoms with E-state index in [1.807, 2.05) is 25.6 Å². The molecule has 4 aliphatic carbocycles. The van der Waals surface area contributed by atoms with E-state index in [1.54, 1.807) is 11.1 Å². The van der Waals surface area contributed by atoms with Gasteiger partial charge in [-0.1, -0.05) is 57.9 Å². The van der Waals surface area contributed by atoms with Gasteiger partial charge in [0.15, 0.2) is 8.32 Å². The van der Waals surface area contributed by atoms with Crippen molar-refractivity contribution in [3.63, 3.8) is 0 Å². The third-order valence-electron chi connectivity index (χ3n) is 11.8. The van der Waals surface area contributed by atoms with Crippen LogP contribution in [0.4, 0.5) is 0 Å². The van der Waals surface area contributed by atoms with Gasteiger partial charge in [-0.2, -0.15) is 11.8 Å². The topological polar surface area (TPSA) is 49.7 Å². The molecule has 0 amide bonds. The van der Waals surface area contributed by atoms with E-state index in [9.17, 15) is 10.2 Å². The largest absolute Gasteiger partial charge is 0.414 e. The van der Waals surface area contributed by atoms with E-state index in [-0.39, 0.29) is 11.6 Å². The van der Waals surface area contributed by atoms with E-state index in [0.29, 0.717) is 39.9 Å². The van der Waals surface area contributed by atoms with Crippen molar-refractivity contribution in [2.75, 3.05) is 12.4 Å². The highest BCUT2D eigenvalue weighted by Gasteiger charge is 2.57. The Hall–Kier alpha value is -0.0731. The molecule has 5 heteroatoms. The first-order valence-corrected chi connectivity index (χ1v) is 19.5. The minimum atomic E-state index is -1.76. The van der Waals surface area contributed by atoms with Crippen LogP contribution >= 0.6 is 11.8 Å². The zero-order chi connectivity index (χ0) is 28.1. The molecule has 218 valence electrons. The molecule has 4 aliphatic rings. The highest BCUT2D eigenvalue weighted by Crippen LogP contribution is 2.66. The lowest BCUT2D eigenvalue weighted by Crippen LogP contribution is -2.49. The number of hydrogen-bond acceptors (Lipinski definition) is 4. The van der Waals surface area contributed by atoms with E-state index in [4.69, 9.17) is 4.43 Å². The normalized spacial score (nSPS) is 36.6. The molecule has 0 unspecified atom stereocenters. The molecule has 0 radical (unpaired) electrons. The molecule has 0 saturated heterocycles. The van der Waals surface area contributed by atoms with Crippen molar-refractivity contribution in [2.24, 2.45) is 28.6 Å². The molecule has 0 heterocycles. The van der Waals surface area contributed by atoms with Crippen molar-refractivity contribution < 1.29 is 14.6 Å². The van der Waals surface area contributed by atoms with Gasteiger partial charge in [0.25, 0.3) is 0 Å². The molecule has 0 spiro atoms. The van der Waals surface area contributed by atoms with Crippen molar-refractivity contribution >= 4 is 20.1 Å². The third-order valence-corrected chi connectivity index (χ3v) is 17.7. The SMILES string of the molecule is CC(C)(O)CCCS[C@H](CO)[C@H]1CC[C@H]2C3=CC=C4C[C@@H](O[Si](C)(C)C(C)(C)C)CC[C@]4(C)[C@H]3CC[C@]12C. The lowest BCUT2D eigenvalue weighted by Gasteiger charge is -2.56. The minimum Gasteiger partial charge on any atom is -0.414 e. The monoisotopic (exact) mass is 562 g/mol. The molecule has 2 N–H and O–H groups in total. The molecule has 0 aromatic rings. The summed E-state index contributed by atoms with van der Waals surface area (Å²) < 4.78 is 6.91. The Kier molecular flexibility index (Phi) is 8.91. The summed E-state index contributed by atoms with van der Waals surface area (Å²) in [6.45, 7) is 21.1. The molecule has 0 aromatic carbocycles. The van der Waals surface area contributed by atoms with E-state index < -0.39 is 13.9 Å². The third kappa shape index (κ3) is 5.94. The van der Waals surface area contributed by atoms with Crippen LogP contribution in [0.1, 0.15) is 106 Å². The second-order valence-electron chi connectivity index (χ2n) is 15.9. The second-order valence-corrected chi connectivity index (χ2v) is 22.0. The minimum absolute atomic E-state index is 0.259. The smallest absolute Gasteiger partial charge is 0.192 e. The maximum Gasteiger partial charge on any atom is 0.192 e. The Labute approximate surface area is 239 Å². The average Bonchev–Trinajstić information content (AvgIpc) is 3.15. The Bertz CT molecular complexity index is 912. The van der Waals surface area contributed by atoms with Gasteiger partial charge < -0.3 is 14.6 Å². The molecular weight excluding hydrogens is 505 g/mol. The Morgan fingerprint density at radius 3 is 2.37 bits per heavy atom. The molecule has 3 nitrogen and oxygen atoms in total. The zero-order valence-electron chi connectivity index (χ0n) is 26.0. The number of allylic oxidation sites excluding steroid dienone is 3. The van der Waals surface area contributed by atoms with E-state index in [1.165, 1.54) is 38.5 Å². The summed E-state index contributed by atoms with van der Waals surface area (Å²) in [6, 6.07) is 0. The van der Waals surface area contributed by atoms with Crippen LogP contribution in [0.5, 0.6) is 0 Å². The number of thioether (sulfide) groups is 1. The highest BCUT2D eigenvalue weighted by molar-refractivity contribution is 7.99.